The SMILES string of the molecule is CC[C@H](C)[C@H](N)C(=O)N[C@@H](Cc1cnc[nH]1)C(=O)N[C@@H](CC(N)=O)C(=O)O. The summed E-state index contributed by atoms with van der Waals surface area (Å²) in [5, 5.41) is 13.9. The van der Waals surface area contributed by atoms with Gasteiger partial charge in [-0.1, -0.05) is 20.3 Å². The van der Waals surface area contributed by atoms with Crippen molar-refractivity contribution in [3.8, 4) is 0 Å². The van der Waals surface area contributed by atoms with Crippen LogP contribution in [0.5, 0.6) is 0 Å². The quantitative estimate of drug-likeness (QED) is 0.261. The van der Waals surface area contributed by atoms with E-state index in [1.165, 1.54) is 12.5 Å². The minimum atomic E-state index is -1.50. The van der Waals surface area contributed by atoms with E-state index in [4.69, 9.17) is 16.6 Å². The third-order valence-corrected chi connectivity index (χ3v) is 4.19. The highest BCUT2D eigenvalue weighted by Crippen LogP contribution is 2.07. The van der Waals surface area contributed by atoms with Gasteiger partial charge in [0.15, 0.2) is 0 Å². The molecular weight excluding hydrogens is 356 g/mol. The molecule has 0 aromatic carbocycles. The Balaban J connectivity index is 2.92. The van der Waals surface area contributed by atoms with Crippen LogP contribution in [0.1, 0.15) is 32.4 Å². The molecule has 4 atom stereocenters. The van der Waals surface area contributed by atoms with Gasteiger partial charge in [0.05, 0.1) is 18.8 Å². The molecule has 1 aromatic heterocycles. The molecule has 0 bridgehead atoms. The molecule has 0 saturated heterocycles. The molecule has 0 aliphatic carbocycles. The monoisotopic (exact) mass is 382 g/mol. The highest BCUT2D eigenvalue weighted by molar-refractivity contribution is 5.93. The predicted octanol–water partition coefficient (Wildman–Crippen LogP) is -1.74. The molecule has 11 nitrogen and oxygen atoms in total. The fraction of sp³-hybridized carbons (Fsp3) is 0.562. The van der Waals surface area contributed by atoms with Crippen LogP contribution in [0.3, 0.4) is 0 Å². The Labute approximate surface area is 156 Å². The van der Waals surface area contributed by atoms with E-state index in [2.05, 4.69) is 20.6 Å². The largest absolute Gasteiger partial charge is 0.480 e. The molecule has 0 fully saturated rings. The molecule has 8 N–H and O–H groups in total. The number of nitrogens with one attached hydrogen (secondary N) is 3. The van der Waals surface area contributed by atoms with E-state index in [-0.39, 0.29) is 12.3 Å². The number of carbonyl (C=O) groups excluding carboxylic acids is 3. The lowest BCUT2D eigenvalue weighted by Gasteiger charge is -2.24. The van der Waals surface area contributed by atoms with E-state index in [1.807, 2.05) is 13.8 Å². The first-order valence-corrected chi connectivity index (χ1v) is 8.50. The Kier molecular flexibility index (Phi) is 8.39. The van der Waals surface area contributed by atoms with Gasteiger partial charge in [0.1, 0.15) is 12.1 Å². The second kappa shape index (κ2) is 10.3. The summed E-state index contributed by atoms with van der Waals surface area (Å²) in [5.74, 6) is -3.71. The Hall–Kier alpha value is -2.95. The summed E-state index contributed by atoms with van der Waals surface area (Å²) >= 11 is 0. The van der Waals surface area contributed by atoms with E-state index >= 15 is 0 Å². The molecule has 0 spiro atoms. The molecule has 11 heteroatoms. The molecule has 0 aliphatic heterocycles. The fourth-order valence-corrected chi connectivity index (χ4v) is 2.28. The third-order valence-electron chi connectivity index (χ3n) is 4.19. The molecule has 0 unspecified atom stereocenters. The third kappa shape index (κ3) is 7.05. The number of aromatic amines is 1. The maximum Gasteiger partial charge on any atom is 0.326 e. The number of aliphatic carboxylic acids is 1. The predicted molar refractivity (Wildman–Crippen MR) is 95.0 cm³/mol. The van der Waals surface area contributed by atoms with Gasteiger partial charge in [-0.2, -0.15) is 0 Å². The van der Waals surface area contributed by atoms with Gasteiger partial charge in [-0.25, -0.2) is 9.78 Å². The van der Waals surface area contributed by atoms with Gasteiger partial charge in [0, 0.05) is 18.3 Å². The van der Waals surface area contributed by atoms with Gasteiger partial charge >= 0.3 is 5.97 Å². The van der Waals surface area contributed by atoms with E-state index in [1.54, 1.807) is 0 Å². The first kappa shape index (κ1) is 22.1. The summed E-state index contributed by atoms with van der Waals surface area (Å²) in [6, 6.07) is -3.44. The zero-order chi connectivity index (χ0) is 20.6. The lowest BCUT2D eigenvalue weighted by molar-refractivity contribution is -0.143. The molecule has 0 aliphatic rings. The molecule has 27 heavy (non-hydrogen) atoms. The van der Waals surface area contributed by atoms with Gasteiger partial charge in [-0.05, 0) is 5.92 Å². The highest BCUT2D eigenvalue weighted by Gasteiger charge is 2.30. The number of imidazole rings is 1. The molecule has 1 heterocycles. The molecular formula is C16H26N6O5. The van der Waals surface area contributed by atoms with Crippen molar-refractivity contribution in [2.45, 2.75) is 51.2 Å². The van der Waals surface area contributed by atoms with Crippen molar-refractivity contribution in [1.29, 1.82) is 0 Å². The zero-order valence-corrected chi connectivity index (χ0v) is 15.3. The van der Waals surface area contributed by atoms with Gasteiger partial charge in [0.2, 0.25) is 17.7 Å². The summed E-state index contributed by atoms with van der Waals surface area (Å²) < 4.78 is 0. The normalized spacial score (nSPS) is 15.2. The lowest BCUT2D eigenvalue weighted by atomic mass is 9.98. The van der Waals surface area contributed by atoms with Crippen LogP contribution in [0, 0.1) is 5.92 Å². The van der Waals surface area contributed by atoms with Crippen molar-refractivity contribution in [1.82, 2.24) is 20.6 Å². The van der Waals surface area contributed by atoms with E-state index in [0.29, 0.717) is 12.1 Å². The smallest absolute Gasteiger partial charge is 0.326 e. The number of carboxylic acid groups (broad SMARTS) is 1. The number of carbonyl (C=O) groups is 4. The van der Waals surface area contributed by atoms with Crippen LogP contribution in [-0.2, 0) is 25.6 Å². The topological polar surface area (TPSA) is 193 Å². The minimum Gasteiger partial charge on any atom is -0.480 e. The molecule has 0 radical (unpaired) electrons. The van der Waals surface area contributed by atoms with E-state index in [9.17, 15) is 19.2 Å². The molecule has 3 amide bonds. The van der Waals surface area contributed by atoms with E-state index in [0.717, 1.165) is 0 Å². The van der Waals surface area contributed by atoms with Crippen LogP contribution < -0.4 is 22.1 Å². The standard InChI is InChI=1S/C16H26N6O5/c1-3-8(2)13(18)15(25)21-10(4-9-6-19-7-20-9)14(24)22-11(16(26)27)5-12(17)23/h6-8,10-11,13H,3-5,18H2,1-2H3,(H2,17,23)(H,19,20)(H,21,25)(H,22,24)(H,26,27)/t8-,10-,11-,13-/m0/s1. The first-order valence-electron chi connectivity index (χ1n) is 8.50. The van der Waals surface area contributed by atoms with Crippen LogP contribution in [0.2, 0.25) is 0 Å². The highest BCUT2D eigenvalue weighted by atomic mass is 16.4. The second-order valence-corrected chi connectivity index (χ2v) is 6.32. The summed E-state index contributed by atoms with van der Waals surface area (Å²) in [7, 11) is 0. The maximum atomic E-state index is 12.5. The van der Waals surface area contributed by atoms with Crippen LogP contribution in [0.15, 0.2) is 12.5 Å². The van der Waals surface area contributed by atoms with E-state index < -0.39 is 48.2 Å². The molecule has 1 rings (SSSR count). The van der Waals surface area contributed by atoms with Crippen LogP contribution in [0.25, 0.3) is 0 Å². The Morgan fingerprint density at radius 2 is 1.85 bits per heavy atom. The van der Waals surface area contributed by atoms with Crippen LogP contribution >= 0.6 is 0 Å². The Morgan fingerprint density at radius 1 is 1.22 bits per heavy atom. The summed E-state index contributed by atoms with van der Waals surface area (Å²) in [4.78, 5) is 53.8. The molecule has 1 aromatic rings. The molecule has 0 saturated carbocycles. The van der Waals surface area contributed by atoms with Crippen LogP contribution in [-0.4, -0.2) is 56.9 Å². The summed E-state index contributed by atoms with van der Waals surface area (Å²) in [5.41, 5.74) is 11.4. The fourth-order valence-electron chi connectivity index (χ4n) is 2.28. The lowest BCUT2D eigenvalue weighted by Crippen LogP contribution is -2.56. The number of hydrogen-bond donors (Lipinski definition) is 6. The minimum absolute atomic E-state index is 0.0354. The zero-order valence-electron chi connectivity index (χ0n) is 15.3. The van der Waals surface area contributed by atoms with Crippen molar-refractivity contribution in [3.63, 3.8) is 0 Å². The number of aromatic nitrogens is 2. The average molecular weight is 382 g/mol. The number of amides is 3. The summed E-state index contributed by atoms with van der Waals surface area (Å²) in [6.45, 7) is 3.69. The number of primary amides is 1. The number of nitrogens with two attached hydrogens (primary N) is 2. The van der Waals surface area contributed by atoms with Gasteiger partial charge < -0.3 is 32.2 Å². The maximum absolute atomic E-state index is 12.5. The number of hydrogen-bond acceptors (Lipinski definition) is 6. The van der Waals surface area contributed by atoms with Gasteiger partial charge in [-0.3, -0.25) is 14.4 Å². The van der Waals surface area contributed by atoms with Gasteiger partial charge in [-0.15, -0.1) is 0 Å². The number of nitrogens with zero attached hydrogens (tertiary/aromatic N) is 1. The van der Waals surface area contributed by atoms with Crippen molar-refractivity contribution in [2.75, 3.05) is 0 Å². The van der Waals surface area contributed by atoms with Crippen molar-refractivity contribution in [2.24, 2.45) is 17.4 Å². The number of carboxylic acids is 1. The Morgan fingerprint density at radius 3 is 2.33 bits per heavy atom. The van der Waals surface area contributed by atoms with Crippen LogP contribution in [0.4, 0.5) is 0 Å². The second-order valence-electron chi connectivity index (χ2n) is 6.32. The Bertz CT molecular complexity index is 662. The van der Waals surface area contributed by atoms with Gasteiger partial charge in [0.25, 0.3) is 0 Å². The van der Waals surface area contributed by atoms with Crippen molar-refractivity contribution in [3.05, 3.63) is 18.2 Å². The molecule has 150 valence electrons. The number of rotatable bonds is 11. The first-order chi connectivity index (χ1) is 12.6. The van der Waals surface area contributed by atoms with Crippen molar-refractivity contribution < 1.29 is 24.3 Å². The average Bonchev–Trinajstić information content (AvgIpc) is 3.11. The van der Waals surface area contributed by atoms with Crippen molar-refractivity contribution >= 4 is 23.7 Å². The number of H-pyrrole nitrogens is 1. The summed E-state index contributed by atoms with van der Waals surface area (Å²) in [6.07, 6.45) is 3.01.